The summed E-state index contributed by atoms with van der Waals surface area (Å²) in [4.78, 5) is 0. The molecule has 0 aromatic heterocycles. The zero-order valence-corrected chi connectivity index (χ0v) is 17.7. The Kier molecular flexibility index (Phi) is 5.81. The lowest BCUT2D eigenvalue weighted by Crippen LogP contribution is -2.05. The first-order valence-electron chi connectivity index (χ1n) is 10.8. The van der Waals surface area contributed by atoms with Crippen LogP contribution in [0.2, 0.25) is 0 Å². The molecule has 1 aliphatic rings. The topological polar surface area (TPSA) is 0 Å². The maximum Gasteiger partial charge on any atom is 0.00620 e. The second kappa shape index (κ2) is 8.66. The summed E-state index contributed by atoms with van der Waals surface area (Å²) < 4.78 is 0. The molecule has 3 aromatic carbocycles. The minimum absolute atomic E-state index is 0.435. The zero-order valence-electron chi connectivity index (χ0n) is 17.7. The predicted octanol–water partition coefficient (Wildman–Crippen LogP) is 8.35. The highest BCUT2D eigenvalue weighted by atomic mass is 14.2. The highest BCUT2D eigenvalue weighted by Crippen LogP contribution is 2.39. The SMILES string of the molecule is CCC(C)C1=CCC(c2ccccc2-c2ccccc2-c2ccc(C)cc2)C=C1. The smallest absolute Gasteiger partial charge is 0.00620 e. The van der Waals surface area contributed by atoms with Crippen LogP contribution < -0.4 is 0 Å². The summed E-state index contributed by atoms with van der Waals surface area (Å²) in [7, 11) is 0. The number of rotatable bonds is 5. The van der Waals surface area contributed by atoms with E-state index in [2.05, 4.69) is 112 Å². The second-order valence-electron chi connectivity index (χ2n) is 8.21. The third-order valence-electron chi connectivity index (χ3n) is 6.25. The van der Waals surface area contributed by atoms with Crippen molar-refractivity contribution in [3.63, 3.8) is 0 Å². The van der Waals surface area contributed by atoms with Gasteiger partial charge in [0, 0.05) is 5.92 Å². The van der Waals surface area contributed by atoms with E-state index in [0.29, 0.717) is 11.8 Å². The highest BCUT2D eigenvalue weighted by Gasteiger charge is 2.18. The molecule has 0 radical (unpaired) electrons. The first-order chi connectivity index (χ1) is 14.2. The lowest BCUT2D eigenvalue weighted by atomic mass is 9.82. The van der Waals surface area contributed by atoms with Crippen LogP contribution >= 0.6 is 0 Å². The summed E-state index contributed by atoms with van der Waals surface area (Å²) in [6, 6.07) is 26.6. The third kappa shape index (κ3) is 4.12. The molecule has 0 saturated carbocycles. The Hall–Kier alpha value is -2.86. The van der Waals surface area contributed by atoms with E-state index in [-0.39, 0.29) is 0 Å². The molecule has 0 amide bonds. The molecule has 146 valence electrons. The summed E-state index contributed by atoms with van der Waals surface area (Å²) in [5, 5.41) is 0. The van der Waals surface area contributed by atoms with E-state index >= 15 is 0 Å². The standard InChI is InChI=1S/C29H30/c1-4-22(3)23-17-19-25(20-18-23)27-10-6-8-12-29(27)28-11-7-5-9-26(28)24-15-13-21(2)14-16-24/h5-19,22,25H,4,20H2,1-3H3. The van der Waals surface area contributed by atoms with Crippen LogP contribution in [0.3, 0.4) is 0 Å². The largest absolute Gasteiger partial charge is 0.0801 e. The molecule has 0 heterocycles. The molecule has 0 N–H and O–H groups in total. The van der Waals surface area contributed by atoms with Crippen molar-refractivity contribution in [1.82, 2.24) is 0 Å². The van der Waals surface area contributed by atoms with E-state index in [4.69, 9.17) is 0 Å². The third-order valence-corrected chi connectivity index (χ3v) is 6.25. The van der Waals surface area contributed by atoms with Gasteiger partial charge in [0.15, 0.2) is 0 Å². The summed E-state index contributed by atoms with van der Waals surface area (Å²) in [6.07, 6.45) is 9.49. The van der Waals surface area contributed by atoms with Gasteiger partial charge in [-0.25, -0.2) is 0 Å². The number of aryl methyl sites for hydroxylation is 1. The van der Waals surface area contributed by atoms with Crippen molar-refractivity contribution >= 4 is 0 Å². The number of allylic oxidation sites excluding steroid dienone is 4. The van der Waals surface area contributed by atoms with Gasteiger partial charge in [-0.3, -0.25) is 0 Å². The van der Waals surface area contributed by atoms with Gasteiger partial charge in [-0.1, -0.05) is 110 Å². The summed E-state index contributed by atoms with van der Waals surface area (Å²) in [5.41, 5.74) is 9.44. The highest BCUT2D eigenvalue weighted by molar-refractivity contribution is 5.85. The Labute approximate surface area is 175 Å². The van der Waals surface area contributed by atoms with Gasteiger partial charge in [-0.2, -0.15) is 0 Å². The molecular formula is C29H30. The molecular weight excluding hydrogens is 348 g/mol. The fraction of sp³-hybridized carbons (Fsp3) is 0.241. The molecule has 0 nitrogen and oxygen atoms in total. The quantitative estimate of drug-likeness (QED) is 0.418. The van der Waals surface area contributed by atoms with Crippen molar-refractivity contribution in [1.29, 1.82) is 0 Å². The predicted molar refractivity (Wildman–Crippen MR) is 126 cm³/mol. The van der Waals surface area contributed by atoms with Crippen LogP contribution in [0, 0.1) is 12.8 Å². The van der Waals surface area contributed by atoms with E-state index < -0.39 is 0 Å². The van der Waals surface area contributed by atoms with E-state index in [9.17, 15) is 0 Å². The fourth-order valence-corrected chi connectivity index (χ4v) is 4.24. The van der Waals surface area contributed by atoms with Gasteiger partial charge >= 0.3 is 0 Å². The van der Waals surface area contributed by atoms with Crippen LogP contribution in [0.1, 0.15) is 43.7 Å². The lowest BCUT2D eigenvalue weighted by Gasteiger charge is -2.23. The molecule has 29 heavy (non-hydrogen) atoms. The average molecular weight is 379 g/mol. The number of benzene rings is 3. The summed E-state index contributed by atoms with van der Waals surface area (Å²) in [6.45, 7) is 6.73. The van der Waals surface area contributed by atoms with Crippen molar-refractivity contribution in [3.8, 4) is 22.3 Å². The van der Waals surface area contributed by atoms with E-state index in [0.717, 1.165) is 6.42 Å². The van der Waals surface area contributed by atoms with Gasteiger partial charge in [0.1, 0.15) is 0 Å². The van der Waals surface area contributed by atoms with Crippen LogP contribution in [0.25, 0.3) is 22.3 Å². The maximum atomic E-state index is 2.45. The van der Waals surface area contributed by atoms with Crippen molar-refractivity contribution in [2.75, 3.05) is 0 Å². The van der Waals surface area contributed by atoms with Crippen LogP contribution in [-0.2, 0) is 0 Å². The summed E-state index contributed by atoms with van der Waals surface area (Å²) in [5.74, 6) is 1.08. The van der Waals surface area contributed by atoms with Gasteiger partial charge in [0.05, 0.1) is 0 Å². The average Bonchev–Trinajstić information content (AvgIpc) is 2.79. The Morgan fingerprint density at radius 3 is 2.14 bits per heavy atom. The first kappa shape index (κ1) is 19.5. The van der Waals surface area contributed by atoms with E-state index in [1.807, 2.05) is 0 Å². The van der Waals surface area contributed by atoms with Crippen LogP contribution in [0.5, 0.6) is 0 Å². The first-order valence-corrected chi connectivity index (χ1v) is 10.8. The van der Waals surface area contributed by atoms with E-state index in [1.165, 1.54) is 45.4 Å². The Morgan fingerprint density at radius 2 is 1.48 bits per heavy atom. The molecule has 2 unspecified atom stereocenters. The molecule has 0 bridgehead atoms. The molecule has 0 spiro atoms. The van der Waals surface area contributed by atoms with Gasteiger partial charge < -0.3 is 0 Å². The van der Waals surface area contributed by atoms with Crippen LogP contribution in [0.15, 0.2) is 96.6 Å². The molecule has 2 atom stereocenters. The molecule has 0 saturated heterocycles. The molecule has 0 heteroatoms. The van der Waals surface area contributed by atoms with Crippen molar-refractivity contribution in [2.24, 2.45) is 5.92 Å². The van der Waals surface area contributed by atoms with Gasteiger partial charge in [-0.05, 0) is 59.1 Å². The monoisotopic (exact) mass is 378 g/mol. The van der Waals surface area contributed by atoms with Crippen LogP contribution in [-0.4, -0.2) is 0 Å². The number of hydrogen-bond donors (Lipinski definition) is 0. The molecule has 3 aromatic rings. The maximum absolute atomic E-state index is 2.45. The van der Waals surface area contributed by atoms with E-state index in [1.54, 1.807) is 0 Å². The van der Waals surface area contributed by atoms with Crippen molar-refractivity contribution in [3.05, 3.63) is 108 Å². The second-order valence-corrected chi connectivity index (χ2v) is 8.21. The van der Waals surface area contributed by atoms with Crippen molar-refractivity contribution < 1.29 is 0 Å². The summed E-state index contributed by atoms with van der Waals surface area (Å²) >= 11 is 0. The van der Waals surface area contributed by atoms with Gasteiger partial charge in [0.2, 0.25) is 0 Å². The Balaban J connectivity index is 1.73. The Morgan fingerprint density at radius 1 is 0.828 bits per heavy atom. The van der Waals surface area contributed by atoms with Crippen molar-refractivity contribution in [2.45, 2.75) is 39.5 Å². The molecule has 0 aliphatic heterocycles. The van der Waals surface area contributed by atoms with Crippen LogP contribution in [0.4, 0.5) is 0 Å². The van der Waals surface area contributed by atoms with Gasteiger partial charge in [-0.15, -0.1) is 0 Å². The van der Waals surface area contributed by atoms with Gasteiger partial charge in [0.25, 0.3) is 0 Å². The normalized spacial score (nSPS) is 17.1. The molecule has 4 rings (SSSR count). The lowest BCUT2D eigenvalue weighted by molar-refractivity contribution is 0.656. The minimum Gasteiger partial charge on any atom is -0.0801 e. The molecule has 0 fully saturated rings. The number of hydrogen-bond acceptors (Lipinski definition) is 0. The molecule has 1 aliphatic carbocycles. The Bertz CT molecular complexity index is 1030. The zero-order chi connectivity index (χ0) is 20.2. The fourth-order valence-electron chi connectivity index (χ4n) is 4.24. The minimum atomic E-state index is 0.435.